The van der Waals surface area contributed by atoms with E-state index in [0.717, 1.165) is 6.20 Å². The number of aryl methyl sites for hydroxylation is 2. The molecule has 0 spiro atoms. The van der Waals surface area contributed by atoms with E-state index in [1.54, 1.807) is 45.0 Å². The first-order valence-corrected chi connectivity index (χ1v) is 11.5. The number of nitrogens with zero attached hydrogens (tertiary/aromatic N) is 1. The summed E-state index contributed by atoms with van der Waals surface area (Å²) >= 11 is 0. The number of aromatic hydroxyl groups is 1. The summed E-state index contributed by atoms with van der Waals surface area (Å²) in [5, 5.41) is 24.5. The fourth-order valence-electron chi connectivity index (χ4n) is 3.90. The van der Waals surface area contributed by atoms with E-state index in [9.17, 15) is 28.7 Å². The molecule has 0 aliphatic rings. The Balaban J connectivity index is 1.84. The highest BCUT2D eigenvalue weighted by Gasteiger charge is 2.31. The molecule has 10 heteroatoms. The quantitative estimate of drug-likeness (QED) is 0.269. The molecule has 8 nitrogen and oxygen atoms in total. The number of pyridine rings is 1. The molecular formula is C27H28F2N2O6. The molecule has 0 aliphatic heterocycles. The Kier molecular flexibility index (Phi) is 8.31. The van der Waals surface area contributed by atoms with E-state index in [4.69, 9.17) is 9.47 Å². The average molecular weight is 515 g/mol. The van der Waals surface area contributed by atoms with Gasteiger partial charge in [0.2, 0.25) is 5.75 Å². The minimum atomic E-state index is -1.23. The molecule has 196 valence electrons. The molecule has 1 amide bonds. The predicted molar refractivity (Wildman–Crippen MR) is 130 cm³/mol. The van der Waals surface area contributed by atoms with Gasteiger partial charge >= 0.3 is 17.6 Å². The van der Waals surface area contributed by atoms with Crippen LogP contribution in [0, 0.1) is 30.7 Å². The Morgan fingerprint density at radius 1 is 1.00 bits per heavy atom. The maximum absolute atomic E-state index is 14.4. The molecule has 37 heavy (non-hydrogen) atoms. The van der Waals surface area contributed by atoms with Gasteiger partial charge in [0.1, 0.15) is 23.8 Å². The Labute approximate surface area is 213 Å². The molecule has 0 radical (unpaired) electrons. The van der Waals surface area contributed by atoms with Crippen LogP contribution >= 0.6 is 0 Å². The number of methoxy groups -OCH3 is 1. The van der Waals surface area contributed by atoms with E-state index in [1.807, 2.05) is 0 Å². The van der Waals surface area contributed by atoms with E-state index in [0.29, 0.717) is 22.3 Å². The summed E-state index contributed by atoms with van der Waals surface area (Å²) < 4.78 is 39.4. The summed E-state index contributed by atoms with van der Waals surface area (Å²) in [7, 11) is 1.25. The molecule has 0 fully saturated rings. The Morgan fingerprint density at radius 2 is 1.54 bits per heavy atom. The number of nitrogens with one attached hydrogen (secondary N) is 1. The number of amides is 1. The molecule has 0 saturated carbocycles. The fourth-order valence-corrected chi connectivity index (χ4v) is 3.90. The maximum atomic E-state index is 14.4. The lowest BCUT2D eigenvalue weighted by molar-refractivity contribution is -0.608. The molecule has 1 aromatic heterocycles. The van der Waals surface area contributed by atoms with Gasteiger partial charge in [-0.2, -0.15) is 4.73 Å². The molecule has 2 N–H and O–H groups in total. The zero-order chi connectivity index (χ0) is 27.4. The van der Waals surface area contributed by atoms with Crippen LogP contribution in [-0.2, 0) is 9.53 Å². The highest BCUT2D eigenvalue weighted by molar-refractivity contribution is 5.96. The average Bonchev–Trinajstić information content (AvgIpc) is 2.83. The van der Waals surface area contributed by atoms with Crippen molar-refractivity contribution >= 4 is 11.9 Å². The van der Waals surface area contributed by atoms with Crippen molar-refractivity contribution in [1.82, 2.24) is 5.32 Å². The Morgan fingerprint density at radius 3 is 2.03 bits per heavy atom. The van der Waals surface area contributed by atoms with Crippen LogP contribution in [0.3, 0.4) is 0 Å². The smallest absolute Gasteiger partial charge is 0.328 e. The van der Waals surface area contributed by atoms with Gasteiger partial charge in [-0.15, -0.1) is 0 Å². The highest BCUT2D eigenvalue weighted by Crippen LogP contribution is 2.32. The number of carbonyl (C=O) groups excluding carboxylic acids is 2. The molecule has 2 atom stereocenters. The monoisotopic (exact) mass is 514 g/mol. The van der Waals surface area contributed by atoms with Crippen molar-refractivity contribution in [2.45, 2.75) is 45.8 Å². The number of ether oxygens (including phenoxy) is 2. The third kappa shape index (κ3) is 5.96. The van der Waals surface area contributed by atoms with Gasteiger partial charge in [-0.05, 0) is 62.1 Å². The number of esters is 1. The largest absolute Gasteiger partial charge is 0.618 e. The first-order valence-electron chi connectivity index (χ1n) is 11.5. The Bertz CT molecular complexity index is 1280. The topological polar surface area (TPSA) is 112 Å². The van der Waals surface area contributed by atoms with Crippen LogP contribution in [0.15, 0.2) is 48.7 Å². The number of aromatic nitrogens is 1. The Hall–Kier alpha value is -4.21. The number of halogens is 2. The van der Waals surface area contributed by atoms with Gasteiger partial charge in [0.15, 0.2) is 11.9 Å². The van der Waals surface area contributed by atoms with Crippen molar-refractivity contribution < 1.29 is 37.7 Å². The summed E-state index contributed by atoms with van der Waals surface area (Å²) in [5.41, 5.74) is 1.13. The lowest BCUT2D eigenvalue weighted by atomic mass is 9.86. The maximum Gasteiger partial charge on any atom is 0.328 e. The van der Waals surface area contributed by atoms with Gasteiger partial charge < -0.3 is 25.1 Å². The molecule has 2 aromatic carbocycles. The summed E-state index contributed by atoms with van der Waals surface area (Å²) in [6, 6.07) is 9.09. The number of hydrogen-bond acceptors (Lipinski definition) is 6. The van der Waals surface area contributed by atoms with Gasteiger partial charge in [-0.25, -0.2) is 13.6 Å². The van der Waals surface area contributed by atoms with Crippen molar-refractivity contribution in [3.63, 3.8) is 0 Å². The van der Waals surface area contributed by atoms with Crippen LogP contribution in [0.2, 0.25) is 0 Å². The third-order valence-corrected chi connectivity index (χ3v) is 6.06. The van der Waals surface area contributed by atoms with E-state index in [-0.39, 0.29) is 10.5 Å². The first kappa shape index (κ1) is 27.4. The minimum Gasteiger partial charge on any atom is -0.618 e. The fraction of sp³-hybridized carbons (Fsp3) is 0.296. The van der Waals surface area contributed by atoms with E-state index in [1.165, 1.54) is 32.2 Å². The van der Waals surface area contributed by atoms with E-state index < -0.39 is 53.0 Å². The predicted octanol–water partition coefficient (Wildman–Crippen LogP) is 3.81. The first-order chi connectivity index (χ1) is 17.4. The van der Waals surface area contributed by atoms with Crippen LogP contribution < -0.4 is 14.8 Å². The van der Waals surface area contributed by atoms with Crippen LogP contribution in [0.1, 0.15) is 52.5 Å². The van der Waals surface area contributed by atoms with Gasteiger partial charge in [0.25, 0.3) is 0 Å². The number of rotatable bonds is 8. The van der Waals surface area contributed by atoms with Crippen LogP contribution in [-0.4, -0.2) is 36.2 Å². The second kappa shape index (κ2) is 11.2. The second-order valence-corrected chi connectivity index (χ2v) is 8.74. The summed E-state index contributed by atoms with van der Waals surface area (Å²) in [6.45, 7) is 6.13. The normalized spacial score (nSPS) is 12.6. The second-order valence-electron chi connectivity index (χ2n) is 8.74. The zero-order valence-corrected chi connectivity index (χ0v) is 21.0. The van der Waals surface area contributed by atoms with Crippen molar-refractivity contribution in [3.05, 3.63) is 93.5 Å². The van der Waals surface area contributed by atoms with E-state index >= 15 is 0 Å². The molecule has 0 saturated heterocycles. The van der Waals surface area contributed by atoms with Crippen LogP contribution in [0.4, 0.5) is 8.78 Å². The molecule has 0 bridgehead atoms. The standard InChI is InChI=1S/C27H28F2N2O6/c1-14-6-8-18(12-20(14)28)23(19-9-7-15(2)21(29)13-19)17(4)37-27(34)16(3)30-26(33)24-25(32)22(36-5)10-11-31(24)35/h6-13,16-17,23,32H,1-5H3,(H,30,33)/t16-,17-/m0/s1. The van der Waals surface area contributed by atoms with Gasteiger partial charge in [-0.3, -0.25) is 4.79 Å². The van der Waals surface area contributed by atoms with Gasteiger partial charge in [0.05, 0.1) is 7.11 Å². The van der Waals surface area contributed by atoms with Crippen LogP contribution in [0.5, 0.6) is 11.5 Å². The molecule has 3 aromatic rings. The number of carbonyl (C=O) groups is 2. The summed E-state index contributed by atoms with van der Waals surface area (Å²) in [4.78, 5) is 25.5. The minimum absolute atomic E-state index is 0.0976. The molecular weight excluding hydrogens is 486 g/mol. The molecule has 0 aliphatic carbocycles. The van der Waals surface area contributed by atoms with Crippen molar-refractivity contribution in [2.24, 2.45) is 0 Å². The highest BCUT2D eigenvalue weighted by atomic mass is 19.1. The van der Waals surface area contributed by atoms with E-state index in [2.05, 4.69) is 5.32 Å². The van der Waals surface area contributed by atoms with Crippen molar-refractivity contribution in [2.75, 3.05) is 7.11 Å². The van der Waals surface area contributed by atoms with Crippen molar-refractivity contribution in [1.29, 1.82) is 0 Å². The number of hydrogen-bond donors (Lipinski definition) is 2. The number of benzene rings is 2. The van der Waals surface area contributed by atoms with Crippen molar-refractivity contribution in [3.8, 4) is 11.5 Å². The molecule has 0 unspecified atom stereocenters. The van der Waals surface area contributed by atoms with Gasteiger partial charge in [-0.1, -0.05) is 24.3 Å². The van der Waals surface area contributed by atoms with Gasteiger partial charge in [0, 0.05) is 12.0 Å². The SMILES string of the molecule is COc1cc[n+]([O-])c(C(=O)N[C@@H](C)C(=O)O[C@@H](C)C(c2ccc(C)c(F)c2)c2ccc(C)c(F)c2)c1O. The lowest BCUT2D eigenvalue weighted by Crippen LogP contribution is -2.46. The lowest BCUT2D eigenvalue weighted by Gasteiger charge is -2.27. The molecule has 1 heterocycles. The molecule has 3 rings (SSSR count). The summed E-state index contributed by atoms with van der Waals surface area (Å²) in [5.74, 6) is -4.30. The zero-order valence-electron chi connectivity index (χ0n) is 21.0. The summed E-state index contributed by atoms with van der Waals surface area (Å²) in [6.07, 6.45) is 0.0793. The third-order valence-electron chi connectivity index (χ3n) is 6.06. The van der Waals surface area contributed by atoms with Crippen LogP contribution in [0.25, 0.3) is 0 Å².